The van der Waals surface area contributed by atoms with Crippen LogP contribution in [0.25, 0.3) is 22.0 Å². The molecule has 0 bridgehead atoms. The maximum absolute atomic E-state index is 12.8. The van der Waals surface area contributed by atoms with E-state index in [1.165, 1.54) is 0 Å². The number of ether oxygens (including phenoxy) is 1. The summed E-state index contributed by atoms with van der Waals surface area (Å²) >= 11 is 1.14. The second-order valence-electron chi connectivity index (χ2n) is 6.40. The fraction of sp³-hybridized carbons (Fsp3) is 0.190. The monoisotopic (exact) mass is 394 g/mol. The Bertz CT molecular complexity index is 1140. The molecule has 0 amide bonds. The van der Waals surface area contributed by atoms with E-state index in [0.29, 0.717) is 16.4 Å². The number of carbonyl (C=O) groups is 2. The van der Waals surface area contributed by atoms with E-state index in [-0.39, 0.29) is 11.5 Å². The van der Waals surface area contributed by atoms with E-state index in [1.807, 2.05) is 55.5 Å². The molecule has 28 heavy (non-hydrogen) atoms. The van der Waals surface area contributed by atoms with Crippen molar-refractivity contribution in [2.75, 3.05) is 5.75 Å². The normalized spacial score (nSPS) is 12.4. The summed E-state index contributed by atoms with van der Waals surface area (Å²) in [5, 5.41) is 1.22. The number of nitrogens with one attached hydrogen (secondary N) is 1. The topological polar surface area (TPSA) is 85.2 Å². The Balaban J connectivity index is 1.41. The Morgan fingerprint density at radius 2 is 1.93 bits per heavy atom. The summed E-state index contributed by atoms with van der Waals surface area (Å²) in [6.45, 7) is 3.43. The lowest BCUT2D eigenvalue weighted by atomic mass is 10.0. The van der Waals surface area contributed by atoms with Crippen molar-refractivity contribution >= 4 is 45.5 Å². The second kappa shape index (κ2) is 7.52. The minimum Gasteiger partial charge on any atom is -0.454 e. The summed E-state index contributed by atoms with van der Waals surface area (Å²) in [7, 11) is 0. The molecule has 7 heteroatoms. The molecule has 0 spiro atoms. The third-order valence-electron chi connectivity index (χ3n) is 4.41. The van der Waals surface area contributed by atoms with Gasteiger partial charge in [-0.05, 0) is 32.0 Å². The molecule has 0 saturated heterocycles. The first kappa shape index (κ1) is 18.3. The van der Waals surface area contributed by atoms with Gasteiger partial charge in [0.1, 0.15) is 11.3 Å². The zero-order chi connectivity index (χ0) is 19.7. The van der Waals surface area contributed by atoms with Crippen molar-refractivity contribution < 1.29 is 18.7 Å². The average molecular weight is 394 g/mol. The van der Waals surface area contributed by atoms with E-state index in [1.54, 1.807) is 6.92 Å². The average Bonchev–Trinajstić information content (AvgIpc) is 3.25. The minimum atomic E-state index is -0.880. The number of Topliss-reactive ketones (excluding diaryl/α,β-unsaturated/α-hetero) is 1. The number of aromatic amines is 1. The van der Waals surface area contributed by atoms with E-state index >= 15 is 0 Å². The number of aromatic nitrogens is 2. The number of thioether (sulfide) groups is 1. The van der Waals surface area contributed by atoms with Gasteiger partial charge in [-0.15, -0.1) is 0 Å². The smallest absolute Gasteiger partial charge is 0.317 e. The zero-order valence-corrected chi connectivity index (χ0v) is 16.2. The molecule has 4 rings (SSSR count). The molecule has 142 valence electrons. The van der Waals surface area contributed by atoms with Crippen LogP contribution in [-0.2, 0) is 9.53 Å². The molecule has 2 heterocycles. The summed E-state index contributed by atoms with van der Waals surface area (Å²) in [6.07, 6.45) is -0.880. The number of benzene rings is 2. The van der Waals surface area contributed by atoms with Crippen molar-refractivity contribution in [3.63, 3.8) is 0 Å². The summed E-state index contributed by atoms with van der Waals surface area (Å²) < 4.78 is 10.9. The van der Waals surface area contributed by atoms with Crippen LogP contribution in [0.15, 0.2) is 58.2 Å². The van der Waals surface area contributed by atoms with Gasteiger partial charge in [0.05, 0.1) is 0 Å². The van der Waals surface area contributed by atoms with Crippen LogP contribution in [0.2, 0.25) is 0 Å². The van der Waals surface area contributed by atoms with Crippen LogP contribution in [0.5, 0.6) is 0 Å². The summed E-state index contributed by atoms with van der Waals surface area (Å²) in [4.78, 5) is 32.5. The highest BCUT2D eigenvalue weighted by Gasteiger charge is 2.24. The standard InChI is InChI=1S/C21H18N2O4S/c1-12-19(14-7-3-4-8-15(14)22-12)20(25)13(2)26-18(24)11-28-21-23-16-9-5-6-10-17(16)27-21/h3-10,13,22H,11H2,1-2H3. The highest BCUT2D eigenvalue weighted by atomic mass is 32.2. The lowest BCUT2D eigenvalue weighted by Gasteiger charge is -2.12. The molecule has 0 radical (unpaired) electrons. The number of fused-ring (bicyclic) bond motifs is 2. The van der Waals surface area contributed by atoms with Crippen LogP contribution >= 0.6 is 11.8 Å². The number of aryl methyl sites for hydroxylation is 1. The Hall–Kier alpha value is -3.06. The SMILES string of the molecule is Cc1[nH]c2ccccc2c1C(=O)C(C)OC(=O)CSc1nc2ccccc2o1. The Morgan fingerprint density at radius 3 is 2.75 bits per heavy atom. The highest BCUT2D eigenvalue weighted by molar-refractivity contribution is 7.99. The number of ketones is 1. The minimum absolute atomic E-state index is 0.0112. The third kappa shape index (κ3) is 3.53. The van der Waals surface area contributed by atoms with Gasteiger partial charge in [0.15, 0.2) is 11.7 Å². The molecule has 1 unspecified atom stereocenters. The van der Waals surface area contributed by atoms with E-state index in [0.717, 1.165) is 33.9 Å². The van der Waals surface area contributed by atoms with Gasteiger partial charge in [-0.1, -0.05) is 42.1 Å². The molecule has 2 aromatic heterocycles. The van der Waals surface area contributed by atoms with Crippen LogP contribution in [0.4, 0.5) is 0 Å². The molecule has 1 atom stereocenters. The van der Waals surface area contributed by atoms with Gasteiger partial charge < -0.3 is 14.1 Å². The van der Waals surface area contributed by atoms with Crippen LogP contribution in [0.1, 0.15) is 23.0 Å². The van der Waals surface area contributed by atoms with Crippen molar-refractivity contribution in [2.45, 2.75) is 25.2 Å². The molecule has 0 saturated carbocycles. The molecule has 0 aliphatic carbocycles. The molecule has 0 aliphatic rings. The summed E-state index contributed by atoms with van der Waals surface area (Å²) in [5.41, 5.74) is 3.60. The summed E-state index contributed by atoms with van der Waals surface area (Å²) in [6, 6.07) is 14.9. The van der Waals surface area contributed by atoms with Gasteiger partial charge in [-0.25, -0.2) is 4.98 Å². The maximum atomic E-state index is 12.8. The van der Waals surface area contributed by atoms with E-state index < -0.39 is 12.1 Å². The largest absolute Gasteiger partial charge is 0.454 e. The Morgan fingerprint density at radius 1 is 1.18 bits per heavy atom. The third-order valence-corrected chi connectivity index (χ3v) is 5.21. The Labute approximate surface area is 165 Å². The Kier molecular flexibility index (Phi) is 4.92. The lowest BCUT2D eigenvalue weighted by molar-refractivity contribution is -0.143. The van der Waals surface area contributed by atoms with Gasteiger partial charge >= 0.3 is 5.97 Å². The highest BCUT2D eigenvalue weighted by Crippen LogP contribution is 2.25. The number of H-pyrrole nitrogens is 1. The predicted molar refractivity (Wildman–Crippen MR) is 108 cm³/mol. The first-order chi connectivity index (χ1) is 13.5. The number of carbonyl (C=O) groups excluding carboxylic acids is 2. The van der Waals surface area contributed by atoms with Gasteiger partial charge in [0, 0.05) is 22.2 Å². The first-order valence-corrected chi connectivity index (χ1v) is 9.81. The molecule has 1 N–H and O–H groups in total. The summed E-state index contributed by atoms with van der Waals surface area (Å²) in [5.74, 6) is -0.710. The number of rotatable bonds is 6. The predicted octanol–water partition coefficient (Wildman–Crippen LogP) is 4.52. The van der Waals surface area contributed by atoms with Crippen molar-refractivity contribution in [2.24, 2.45) is 0 Å². The number of para-hydroxylation sites is 3. The molecule has 6 nitrogen and oxygen atoms in total. The number of oxazole rings is 1. The number of nitrogens with zero attached hydrogens (tertiary/aromatic N) is 1. The van der Waals surface area contributed by atoms with Crippen LogP contribution in [0, 0.1) is 6.92 Å². The quantitative estimate of drug-likeness (QED) is 0.294. The maximum Gasteiger partial charge on any atom is 0.317 e. The van der Waals surface area contributed by atoms with Gasteiger partial charge in [0.2, 0.25) is 5.78 Å². The molecular formula is C21H18N2O4S. The molecule has 4 aromatic rings. The molecule has 2 aromatic carbocycles. The zero-order valence-electron chi connectivity index (χ0n) is 15.4. The van der Waals surface area contributed by atoms with E-state index in [4.69, 9.17) is 9.15 Å². The fourth-order valence-electron chi connectivity index (χ4n) is 3.12. The lowest BCUT2D eigenvalue weighted by Crippen LogP contribution is -2.25. The number of hydrogen-bond donors (Lipinski definition) is 1. The van der Waals surface area contributed by atoms with Crippen molar-refractivity contribution in [3.05, 3.63) is 59.8 Å². The molecule has 0 fully saturated rings. The van der Waals surface area contributed by atoms with E-state index in [9.17, 15) is 9.59 Å². The molecular weight excluding hydrogens is 376 g/mol. The number of hydrogen-bond acceptors (Lipinski definition) is 6. The van der Waals surface area contributed by atoms with Gasteiger partial charge in [0.25, 0.3) is 5.22 Å². The van der Waals surface area contributed by atoms with Crippen LogP contribution < -0.4 is 0 Å². The molecule has 0 aliphatic heterocycles. The van der Waals surface area contributed by atoms with Crippen LogP contribution in [0.3, 0.4) is 0 Å². The van der Waals surface area contributed by atoms with E-state index in [2.05, 4.69) is 9.97 Å². The number of esters is 1. The van der Waals surface area contributed by atoms with Crippen LogP contribution in [-0.4, -0.2) is 33.6 Å². The van der Waals surface area contributed by atoms with Crippen molar-refractivity contribution in [3.8, 4) is 0 Å². The van der Waals surface area contributed by atoms with Crippen molar-refractivity contribution in [1.29, 1.82) is 0 Å². The first-order valence-electron chi connectivity index (χ1n) is 8.82. The fourth-order valence-corrected chi connectivity index (χ4v) is 3.74. The van der Waals surface area contributed by atoms with Crippen molar-refractivity contribution in [1.82, 2.24) is 9.97 Å². The van der Waals surface area contributed by atoms with Gasteiger partial charge in [-0.2, -0.15) is 0 Å². The van der Waals surface area contributed by atoms with Gasteiger partial charge in [-0.3, -0.25) is 9.59 Å². The second-order valence-corrected chi connectivity index (χ2v) is 7.33.